The summed E-state index contributed by atoms with van der Waals surface area (Å²) in [6, 6.07) is 6.21. The fourth-order valence-corrected chi connectivity index (χ4v) is 1.80. The largest absolute Gasteiger partial charge is 0.507 e. The molecule has 0 heterocycles. The maximum atomic E-state index is 11.8. The smallest absolute Gasteiger partial charge is 0.173 e. The van der Waals surface area contributed by atoms with Gasteiger partial charge in [0.25, 0.3) is 0 Å². The van der Waals surface area contributed by atoms with Crippen LogP contribution in [0, 0.1) is 0 Å². The molecule has 0 radical (unpaired) electrons. The molecule has 1 rings (SSSR count). The molecule has 0 saturated heterocycles. The van der Waals surface area contributed by atoms with Crippen LogP contribution in [-0.4, -0.2) is 23.0 Å². The summed E-state index contributed by atoms with van der Waals surface area (Å²) in [4.78, 5) is 33.5. The van der Waals surface area contributed by atoms with E-state index in [1.807, 2.05) is 0 Å². The van der Waals surface area contributed by atoms with Gasteiger partial charge in [-0.05, 0) is 25.0 Å². The molecular weight excluding hydrogens is 244 g/mol. The SMILES string of the molecule is O=CCCCCCC(=O)CC(=O)c1ccccc1O. The summed E-state index contributed by atoms with van der Waals surface area (Å²) in [5.74, 6) is -0.568. The normalized spacial score (nSPS) is 10.1. The lowest BCUT2D eigenvalue weighted by Crippen LogP contribution is -2.08. The van der Waals surface area contributed by atoms with Crippen LogP contribution in [0.4, 0.5) is 0 Å². The van der Waals surface area contributed by atoms with Crippen LogP contribution < -0.4 is 0 Å². The number of phenols is 1. The van der Waals surface area contributed by atoms with E-state index >= 15 is 0 Å². The standard InChI is InChI=1S/C15H18O4/c16-10-6-2-1-3-7-12(17)11-15(19)13-8-4-5-9-14(13)18/h4-5,8-10,18H,1-3,6-7,11H2. The van der Waals surface area contributed by atoms with Crippen LogP contribution in [0.1, 0.15) is 48.9 Å². The van der Waals surface area contributed by atoms with Crippen molar-refractivity contribution in [1.29, 1.82) is 0 Å². The van der Waals surface area contributed by atoms with Crippen molar-refractivity contribution < 1.29 is 19.5 Å². The second-order valence-electron chi connectivity index (χ2n) is 4.42. The van der Waals surface area contributed by atoms with Crippen molar-refractivity contribution >= 4 is 17.9 Å². The van der Waals surface area contributed by atoms with Crippen molar-refractivity contribution in [3.63, 3.8) is 0 Å². The molecule has 0 atom stereocenters. The van der Waals surface area contributed by atoms with Gasteiger partial charge in [-0.2, -0.15) is 0 Å². The molecule has 0 bridgehead atoms. The highest BCUT2D eigenvalue weighted by Gasteiger charge is 2.14. The highest BCUT2D eigenvalue weighted by molar-refractivity contribution is 6.09. The lowest BCUT2D eigenvalue weighted by Gasteiger charge is -2.03. The molecule has 4 nitrogen and oxygen atoms in total. The molecule has 0 amide bonds. The Bertz CT molecular complexity index is 451. The number of ketones is 2. The number of hydrogen-bond acceptors (Lipinski definition) is 4. The average molecular weight is 262 g/mol. The predicted octanol–water partition coefficient (Wildman–Crippen LogP) is 2.68. The van der Waals surface area contributed by atoms with Crippen molar-refractivity contribution in [2.24, 2.45) is 0 Å². The minimum atomic E-state index is -0.351. The van der Waals surface area contributed by atoms with Gasteiger partial charge in [-0.3, -0.25) is 9.59 Å². The number of para-hydroxylation sites is 1. The molecule has 1 aromatic carbocycles. The first-order valence-corrected chi connectivity index (χ1v) is 6.41. The van der Waals surface area contributed by atoms with Crippen LogP contribution in [0.2, 0.25) is 0 Å². The molecule has 1 aromatic rings. The monoisotopic (exact) mass is 262 g/mol. The number of benzene rings is 1. The van der Waals surface area contributed by atoms with Crippen LogP contribution in [0.5, 0.6) is 5.75 Å². The van der Waals surface area contributed by atoms with Gasteiger partial charge in [0.15, 0.2) is 5.78 Å². The first-order chi connectivity index (χ1) is 9.15. The van der Waals surface area contributed by atoms with E-state index in [2.05, 4.69) is 0 Å². The number of Topliss-reactive ketones (excluding diaryl/α,β-unsaturated/α-hetero) is 2. The molecule has 0 spiro atoms. The van der Waals surface area contributed by atoms with E-state index in [1.165, 1.54) is 12.1 Å². The van der Waals surface area contributed by atoms with Crippen LogP contribution in [0.15, 0.2) is 24.3 Å². The van der Waals surface area contributed by atoms with E-state index in [0.29, 0.717) is 19.3 Å². The quantitative estimate of drug-likeness (QED) is 0.321. The summed E-state index contributed by atoms with van der Waals surface area (Å²) in [5.41, 5.74) is 0.191. The summed E-state index contributed by atoms with van der Waals surface area (Å²) in [6.45, 7) is 0. The Hall–Kier alpha value is -1.97. The highest BCUT2D eigenvalue weighted by Crippen LogP contribution is 2.18. The minimum Gasteiger partial charge on any atom is -0.507 e. The summed E-state index contributed by atoms with van der Waals surface area (Å²) in [6.07, 6.45) is 3.85. The maximum Gasteiger partial charge on any atom is 0.173 e. The van der Waals surface area contributed by atoms with Gasteiger partial charge < -0.3 is 9.90 Å². The van der Waals surface area contributed by atoms with Gasteiger partial charge in [0, 0.05) is 12.8 Å². The van der Waals surface area contributed by atoms with Gasteiger partial charge in [0.05, 0.1) is 12.0 Å². The highest BCUT2D eigenvalue weighted by atomic mass is 16.3. The minimum absolute atomic E-state index is 0.0914. The lowest BCUT2D eigenvalue weighted by atomic mass is 10.0. The van der Waals surface area contributed by atoms with Crippen LogP contribution >= 0.6 is 0 Å². The van der Waals surface area contributed by atoms with Gasteiger partial charge in [-0.15, -0.1) is 0 Å². The summed E-state index contributed by atoms with van der Waals surface area (Å²) < 4.78 is 0. The molecule has 0 aliphatic heterocycles. The van der Waals surface area contributed by atoms with Crippen molar-refractivity contribution in [3.05, 3.63) is 29.8 Å². The zero-order valence-corrected chi connectivity index (χ0v) is 10.8. The van der Waals surface area contributed by atoms with E-state index in [9.17, 15) is 19.5 Å². The van der Waals surface area contributed by atoms with Crippen LogP contribution in [0.25, 0.3) is 0 Å². The van der Waals surface area contributed by atoms with Crippen molar-refractivity contribution in [2.45, 2.75) is 38.5 Å². The lowest BCUT2D eigenvalue weighted by molar-refractivity contribution is -0.118. The van der Waals surface area contributed by atoms with E-state index in [-0.39, 0.29) is 29.3 Å². The molecule has 102 valence electrons. The number of rotatable bonds is 9. The molecule has 0 aliphatic rings. The Labute approximate surface area is 112 Å². The Morgan fingerprint density at radius 1 is 1.11 bits per heavy atom. The first kappa shape index (κ1) is 15.1. The van der Waals surface area contributed by atoms with Gasteiger partial charge >= 0.3 is 0 Å². The number of hydrogen-bond donors (Lipinski definition) is 1. The fourth-order valence-electron chi connectivity index (χ4n) is 1.80. The summed E-state index contributed by atoms with van der Waals surface area (Å²) in [7, 11) is 0. The third kappa shape index (κ3) is 5.46. The molecule has 0 saturated carbocycles. The van der Waals surface area contributed by atoms with Crippen LogP contribution in [-0.2, 0) is 9.59 Å². The molecule has 0 aliphatic carbocycles. The Morgan fingerprint density at radius 3 is 2.53 bits per heavy atom. The molecule has 0 unspecified atom stereocenters. The fraction of sp³-hybridized carbons (Fsp3) is 0.400. The van der Waals surface area contributed by atoms with Crippen molar-refractivity contribution in [3.8, 4) is 5.75 Å². The van der Waals surface area contributed by atoms with E-state index in [4.69, 9.17) is 0 Å². The van der Waals surface area contributed by atoms with Crippen molar-refractivity contribution in [2.75, 3.05) is 0 Å². The number of aldehydes is 1. The molecule has 1 N–H and O–H groups in total. The summed E-state index contributed by atoms with van der Waals surface area (Å²) in [5, 5.41) is 9.50. The second-order valence-corrected chi connectivity index (χ2v) is 4.42. The Balaban J connectivity index is 2.34. The summed E-state index contributed by atoms with van der Waals surface area (Å²) >= 11 is 0. The second kappa shape index (κ2) is 8.19. The molecule has 0 fully saturated rings. The number of aromatic hydroxyl groups is 1. The Morgan fingerprint density at radius 2 is 1.84 bits per heavy atom. The number of carbonyl (C=O) groups excluding carboxylic acids is 3. The van der Waals surface area contributed by atoms with Crippen molar-refractivity contribution in [1.82, 2.24) is 0 Å². The molecule has 4 heteroatoms. The van der Waals surface area contributed by atoms with Gasteiger partial charge in [0.1, 0.15) is 17.8 Å². The van der Waals surface area contributed by atoms with Gasteiger partial charge in [-0.1, -0.05) is 18.6 Å². The molecule has 0 aromatic heterocycles. The number of phenolic OH excluding ortho intramolecular Hbond substituents is 1. The number of carbonyl (C=O) groups is 3. The Kier molecular flexibility index (Phi) is 6.50. The van der Waals surface area contributed by atoms with E-state index in [0.717, 1.165) is 19.1 Å². The predicted molar refractivity (Wildman–Crippen MR) is 71.2 cm³/mol. The van der Waals surface area contributed by atoms with Gasteiger partial charge in [-0.25, -0.2) is 0 Å². The average Bonchev–Trinajstić information content (AvgIpc) is 2.39. The third-order valence-corrected chi connectivity index (χ3v) is 2.84. The third-order valence-electron chi connectivity index (χ3n) is 2.84. The zero-order valence-electron chi connectivity index (χ0n) is 10.8. The molecule has 19 heavy (non-hydrogen) atoms. The number of unbranched alkanes of at least 4 members (excludes halogenated alkanes) is 3. The van der Waals surface area contributed by atoms with E-state index < -0.39 is 0 Å². The van der Waals surface area contributed by atoms with Gasteiger partial charge in [0.2, 0.25) is 0 Å². The first-order valence-electron chi connectivity index (χ1n) is 6.41. The topological polar surface area (TPSA) is 71.4 Å². The van der Waals surface area contributed by atoms with E-state index in [1.54, 1.807) is 12.1 Å². The van der Waals surface area contributed by atoms with Crippen LogP contribution in [0.3, 0.4) is 0 Å². The zero-order chi connectivity index (χ0) is 14.1. The maximum absolute atomic E-state index is 11.8. The molecular formula is C15H18O4.